The van der Waals surface area contributed by atoms with Crippen molar-refractivity contribution in [3.8, 4) is 11.8 Å². The van der Waals surface area contributed by atoms with Crippen LogP contribution in [0, 0.1) is 11.3 Å². The van der Waals surface area contributed by atoms with Gasteiger partial charge in [0.1, 0.15) is 11.9 Å². The van der Waals surface area contributed by atoms with Crippen molar-refractivity contribution < 1.29 is 4.74 Å². The van der Waals surface area contributed by atoms with E-state index in [2.05, 4.69) is 6.07 Å². The molecule has 3 heteroatoms. The smallest absolute Gasteiger partial charge is 0.141 e. The molecule has 2 rings (SSSR count). The molecule has 1 aromatic rings. The molecular weight excluding hydrogens is 198 g/mol. The topological polar surface area (TPSA) is 33.0 Å². The van der Waals surface area contributed by atoms with Crippen LogP contribution in [-0.4, -0.2) is 6.10 Å². The lowest BCUT2D eigenvalue weighted by Gasteiger charge is -2.05. The molecule has 0 aromatic heterocycles. The molecule has 14 heavy (non-hydrogen) atoms. The highest BCUT2D eigenvalue weighted by Crippen LogP contribution is 2.36. The SMILES string of the molecule is C[C@@H]1Cc2cc(CC#N)cc(Cl)c2O1. The maximum Gasteiger partial charge on any atom is 0.141 e. The van der Waals surface area contributed by atoms with E-state index in [-0.39, 0.29) is 6.10 Å². The lowest BCUT2D eigenvalue weighted by molar-refractivity contribution is 0.255. The van der Waals surface area contributed by atoms with Crippen LogP contribution in [0.1, 0.15) is 18.1 Å². The molecule has 1 aliphatic heterocycles. The average molecular weight is 208 g/mol. The maximum absolute atomic E-state index is 8.59. The summed E-state index contributed by atoms with van der Waals surface area (Å²) in [6.45, 7) is 2.01. The fourth-order valence-corrected chi connectivity index (χ4v) is 2.05. The van der Waals surface area contributed by atoms with Crippen molar-refractivity contribution in [1.29, 1.82) is 5.26 Å². The summed E-state index contributed by atoms with van der Waals surface area (Å²) in [7, 11) is 0. The number of nitriles is 1. The first-order valence-electron chi connectivity index (χ1n) is 4.55. The highest BCUT2D eigenvalue weighted by Gasteiger charge is 2.22. The first-order valence-corrected chi connectivity index (χ1v) is 4.93. The summed E-state index contributed by atoms with van der Waals surface area (Å²) >= 11 is 6.04. The zero-order chi connectivity index (χ0) is 10.1. The number of hydrogen-bond donors (Lipinski definition) is 0. The molecule has 1 heterocycles. The molecule has 1 aromatic carbocycles. The molecule has 0 saturated heterocycles. The van der Waals surface area contributed by atoms with Gasteiger partial charge in [0.15, 0.2) is 0 Å². The van der Waals surface area contributed by atoms with Crippen LogP contribution in [0.2, 0.25) is 5.02 Å². The van der Waals surface area contributed by atoms with Gasteiger partial charge in [0.25, 0.3) is 0 Å². The van der Waals surface area contributed by atoms with E-state index in [9.17, 15) is 0 Å². The van der Waals surface area contributed by atoms with E-state index in [4.69, 9.17) is 21.6 Å². The molecule has 72 valence electrons. The Kier molecular flexibility index (Phi) is 2.35. The van der Waals surface area contributed by atoms with E-state index >= 15 is 0 Å². The lowest BCUT2D eigenvalue weighted by Crippen LogP contribution is -2.05. The van der Waals surface area contributed by atoms with Crippen molar-refractivity contribution in [2.75, 3.05) is 0 Å². The highest BCUT2D eigenvalue weighted by molar-refractivity contribution is 6.32. The van der Waals surface area contributed by atoms with Gasteiger partial charge >= 0.3 is 0 Å². The minimum absolute atomic E-state index is 0.194. The Hall–Kier alpha value is -1.20. The van der Waals surface area contributed by atoms with E-state index in [1.165, 1.54) is 0 Å². The van der Waals surface area contributed by atoms with Crippen LogP contribution in [0.4, 0.5) is 0 Å². The molecule has 0 bridgehead atoms. The number of rotatable bonds is 1. The summed E-state index contributed by atoms with van der Waals surface area (Å²) < 4.78 is 5.56. The summed E-state index contributed by atoms with van der Waals surface area (Å²) in [6, 6.07) is 5.93. The van der Waals surface area contributed by atoms with Gasteiger partial charge in [-0.25, -0.2) is 0 Å². The van der Waals surface area contributed by atoms with E-state index in [1.54, 1.807) is 0 Å². The van der Waals surface area contributed by atoms with E-state index in [1.807, 2.05) is 19.1 Å². The minimum Gasteiger partial charge on any atom is -0.489 e. The first-order chi connectivity index (χ1) is 6.70. The first kappa shape index (κ1) is 9.36. The minimum atomic E-state index is 0.194. The summed E-state index contributed by atoms with van der Waals surface area (Å²) in [5.74, 6) is 0.792. The Morgan fingerprint density at radius 3 is 3.14 bits per heavy atom. The van der Waals surface area contributed by atoms with Gasteiger partial charge in [-0.3, -0.25) is 0 Å². The molecule has 0 spiro atoms. The molecule has 0 fully saturated rings. The fourth-order valence-electron chi connectivity index (χ4n) is 1.74. The Morgan fingerprint density at radius 1 is 1.64 bits per heavy atom. The fraction of sp³-hybridized carbons (Fsp3) is 0.364. The molecule has 0 amide bonds. The number of hydrogen-bond acceptors (Lipinski definition) is 2. The highest BCUT2D eigenvalue weighted by atomic mass is 35.5. The normalized spacial score (nSPS) is 18.5. The van der Waals surface area contributed by atoms with Gasteiger partial charge in [-0.15, -0.1) is 0 Å². The van der Waals surface area contributed by atoms with Crippen molar-refractivity contribution in [1.82, 2.24) is 0 Å². The molecule has 2 nitrogen and oxygen atoms in total. The molecule has 0 unspecified atom stereocenters. The van der Waals surface area contributed by atoms with Crippen LogP contribution < -0.4 is 4.74 Å². The second kappa shape index (κ2) is 3.51. The quantitative estimate of drug-likeness (QED) is 0.710. The van der Waals surface area contributed by atoms with Crippen LogP contribution in [0.3, 0.4) is 0 Å². The van der Waals surface area contributed by atoms with Gasteiger partial charge in [0, 0.05) is 6.42 Å². The zero-order valence-electron chi connectivity index (χ0n) is 7.88. The van der Waals surface area contributed by atoms with Crippen molar-refractivity contribution in [2.24, 2.45) is 0 Å². The Balaban J connectivity index is 2.42. The van der Waals surface area contributed by atoms with Crippen LogP contribution >= 0.6 is 11.6 Å². The van der Waals surface area contributed by atoms with Gasteiger partial charge in [0.05, 0.1) is 17.5 Å². The van der Waals surface area contributed by atoms with Crippen LogP contribution in [0.15, 0.2) is 12.1 Å². The van der Waals surface area contributed by atoms with Crippen molar-refractivity contribution in [3.63, 3.8) is 0 Å². The molecule has 0 saturated carbocycles. The Bertz CT molecular complexity index is 408. The Labute approximate surface area is 88.1 Å². The number of ether oxygens (including phenoxy) is 1. The predicted octanol–water partition coefficient (Wildman–Crippen LogP) is 2.73. The van der Waals surface area contributed by atoms with Gasteiger partial charge in [0.2, 0.25) is 0 Å². The zero-order valence-corrected chi connectivity index (χ0v) is 8.64. The Morgan fingerprint density at radius 2 is 2.43 bits per heavy atom. The molecule has 0 radical (unpaired) electrons. The van der Waals surface area contributed by atoms with E-state index < -0.39 is 0 Å². The second-order valence-corrected chi connectivity index (χ2v) is 3.94. The molecule has 0 aliphatic carbocycles. The number of nitrogens with zero attached hydrogens (tertiary/aromatic N) is 1. The third kappa shape index (κ3) is 1.56. The van der Waals surface area contributed by atoms with E-state index in [0.29, 0.717) is 11.4 Å². The molecule has 1 aliphatic rings. The number of benzene rings is 1. The van der Waals surface area contributed by atoms with Gasteiger partial charge in [-0.2, -0.15) is 5.26 Å². The van der Waals surface area contributed by atoms with Crippen LogP contribution in [-0.2, 0) is 12.8 Å². The second-order valence-electron chi connectivity index (χ2n) is 3.53. The molecule has 1 atom stereocenters. The van der Waals surface area contributed by atoms with Crippen molar-refractivity contribution in [3.05, 3.63) is 28.3 Å². The van der Waals surface area contributed by atoms with Crippen LogP contribution in [0.5, 0.6) is 5.75 Å². The van der Waals surface area contributed by atoms with Gasteiger partial charge in [-0.05, 0) is 24.1 Å². The summed E-state index contributed by atoms with van der Waals surface area (Å²) in [5.41, 5.74) is 2.09. The van der Waals surface area contributed by atoms with Gasteiger partial charge in [-0.1, -0.05) is 17.7 Å². The van der Waals surface area contributed by atoms with Crippen LogP contribution in [0.25, 0.3) is 0 Å². The third-order valence-corrected chi connectivity index (χ3v) is 2.57. The largest absolute Gasteiger partial charge is 0.489 e. The maximum atomic E-state index is 8.59. The monoisotopic (exact) mass is 207 g/mol. The number of halogens is 1. The summed E-state index contributed by atoms with van der Waals surface area (Å²) in [4.78, 5) is 0. The predicted molar refractivity (Wildman–Crippen MR) is 54.6 cm³/mol. The van der Waals surface area contributed by atoms with Crippen molar-refractivity contribution in [2.45, 2.75) is 25.9 Å². The third-order valence-electron chi connectivity index (χ3n) is 2.29. The standard InChI is InChI=1S/C11H10ClNO/c1-7-4-9-5-8(2-3-13)6-10(12)11(9)14-7/h5-7H,2,4H2,1H3/t7-/m1/s1. The number of fused-ring (bicyclic) bond motifs is 1. The average Bonchev–Trinajstić information content (AvgIpc) is 2.47. The van der Waals surface area contributed by atoms with Crippen molar-refractivity contribution >= 4 is 11.6 Å². The molecule has 0 N–H and O–H groups in total. The van der Waals surface area contributed by atoms with E-state index in [0.717, 1.165) is 23.3 Å². The summed E-state index contributed by atoms with van der Waals surface area (Å²) in [6.07, 6.45) is 1.48. The van der Waals surface area contributed by atoms with Gasteiger partial charge < -0.3 is 4.74 Å². The summed E-state index contributed by atoms with van der Waals surface area (Å²) in [5, 5.41) is 9.21. The molecular formula is C11H10ClNO. The lowest BCUT2D eigenvalue weighted by atomic mass is 10.1.